The van der Waals surface area contributed by atoms with Crippen LogP contribution in [0, 0.1) is 10.1 Å². The molecule has 1 amide bonds. The van der Waals surface area contributed by atoms with E-state index in [2.05, 4.69) is 20.5 Å². The summed E-state index contributed by atoms with van der Waals surface area (Å²) in [7, 11) is 1.43. The van der Waals surface area contributed by atoms with Crippen LogP contribution in [0.1, 0.15) is 26.1 Å². The molecule has 1 unspecified atom stereocenters. The van der Waals surface area contributed by atoms with Gasteiger partial charge in [0.25, 0.3) is 5.69 Å². The van der Waals surface area contributed by atoms with Gasteiger partial charge in [-0.15, -0.1) is 5.10 Å². The van der Waals surface area contributed by atoms with E-state index in [1.807, 2.05) is 6.92 Å². The predicted molar refractivity (Wildman–Crippen MR) is 94.0 cm³/mol. The second-order valence-corrected chi connectivity index (χ2v) is 6.51. The number of thioether (sulfide) groups is 1. The highest BCUT2D eigenvalue weighted by molar-refractivity contribution is 8.00. The average Bonchev–Trinajstić information content (AvgIpc) is 3.02. The van der Waals surface area contributed by atoms with Gasteiger partial charge in [-0.3, -0.25) is 20.0 Å². The number of nitro groups is 1. The second-order valence-electron chi connectivity index (χ2n) is 5.21. The first kappa shape index (κ1) is 18.7. The fraction of sp³-hybridized carbons (Fsp3) is 0.400. The lowest BCUT2D eigenvalue weighted by molar-refractivity contribution is -0.384. The van der Waals surface area contributed by atoms with Crippen LogP contribution in [0.2, 0.25) is 0 Å². The molecule has 2 N–H and O–H groups in total. The zero-order chi connectivity index (χ0) is 18.4. The summed E-state index contributed by atoms with van der Waals surface area (Å²) in [6, 6.07) is 4.02. The summed E-state index contributed by atoms with van der Waals surface area (Å²) in [6.07, 6.45) is 1.74. The van der Waals surface area contributed by atoms with Gasteiger partial charge in [-0.05, 0) is 19.4 Å². The molecular formula is C15H19N5O4S. The zero-order valence-electron chi connectivity index (χ0n) is 14.1. The number of carbonyl (C=O) groups excluding carboxylic acids is 1. The van der Waals surface area contributed by atoms with E-state index in [1.165, 1.54) is 37.1 Å². The van der Waals surface area contributed by atoms with Crippen LogP contribution in [-0.2, 0) is 11.2 Å². The number of anilines is 1. The number of ether oxygens (including phenoxy) is 1. The standard InChI is InChI=1S/C15H19N5O4S/c1-4-5-13-17-15(19-18-13)25-9(2)14(21)16-11-8-10(20(22)23)6-7-12(11)24-3/h6-9H,4-5H2,1-3H3,(H,16,21)(H,17,18,19). The predicted octanol–water partition coefficient (Wildman–Crippen LogP) is 2.79. The van der Waals surface area contributed by atoms with Gasteiger partial charge in [0.2, 0.25) is 11.1 Å². The van der Waals surface area contributed by atoms with Crippen molar-refractivity contribution in [1.29, 1.82) is 0 Å². The van der Waals surface area contributed by atoms with Gasteiger partial charge in [-0.2, -0.15) is 0 Å². The van der Waals surface area contributed by atoms with Gasteiger partial charge in [0, 0.05) is 18.6 Å². The van der Waals surface area contributed by atoms with Crippen molar-refractivity contribution in [3.05, 3.63) is 34.1 Å². The molecule has 1 aromatic heterocycles. The van der Waals surface area contributed by atoms with Crippen LogP contribution in [0.25, 0.3) is 0 Å². The molecule has 0 aliphatic heterocycles. The molecule has 10 heteroatoms. The third-order valence-electron chi connectivity index (χ3n) is 3.30. The first-order chi connectivity index (χ1) is 11.9. The Balaban J connectivity index is 2.07. The minimum atomic E-state index is -0.532. The summed E-state index contributed by atoms with van der Waals surface area (Å²) in [4.78, 5) is 27.0. The molecule has 9 nitrogen and oxygen atoms in total. The van der Waals surface area contributed by atoms with Gasteiger partial charge >= 0.3 is 0 Å². The molecule has 1 atom stereocenters. The van der Waals surface area contributed by atoms with E-state index in [0.717, 1.165) is 18.7 Å². The number of methoxy groups -OCH3 is 1. The molecule has 2 rings (SSSR count). The van der Waals surface area contributed by atoms with Crippen LogP contribution >= 0.6 is 11.8 Å². The number of aryl methyl sites for hydroxylation is 1. The highest BCUT2D eigenvalue weighted by Gasteiger charge is 2.20. The van der Waals surface area contributed by atoms with Gasteiger partial charge in [-0.1, -0.05) is 18.7 Å². The summed E-state index contributed by atoms with van der Waals surface area (Å²) in [5, 5.41) is 20.4. The van der Waals surface area contributed by atoms with E-state index in [9.17, 15) is 14.9 Å². The first-order valence-corrected chi connectivity index (χ1v) is 8.53. The number of nitrogens with one attached hydrogen (secondary N) is 2. The Hall–Kier alpha value is -2.62. The summed E-state index contributed by atoms with van der Waals surface area (Å²) in [5.74, 6) is 0.794. The lowest BCUT2D eigenvalue weighted by Crippen LogP contribution is -2.23. The van der Waals surface area contributed by atoms with Gasteiger partial charge in [0.15, 0.2) is 0 Å². The Kier molecular flexibility index (Phi) is 6.34. The maximum Gasteiger partial charge on any atom is 0.271 e. The highest BCUT2D eigenvalue weighted by Crippen LogP contribution is 2.30. The molecule has 0 saturated heterocycles. The third kappa shape index (κ3) is 4.92. The largest absolute Gasteiger partial charge is 0.495 e. The summed E-state index contributed by atoms with van der Waals surface area (Å²) < 4.78 is 5.14. The second kappa shape index (κ2) is 8.47. The molecule has 0 aliphatic carbocycles. The number of carbonyl (C=O) groups is 1. The number of aromatic amines is 1. The number of non-ortho nitro benzene ring substituents is 1. The Labute approximate surface area is 148 Å². The third-order valence-corrected chi connectivity index (χ3v) is 4.26. The molecule has 0 bridgehead atoms. The van der Waals surface area contributed by atoms with Crippen LogP contribution in [0.5, 0.6) is 5.75 Å². The fourth-order valence-corrected chi connectivity index (χ4v) is 2.78. The fourth-order valence-electron chi connectivity index (χ4n) is 2.03. The summed E-state index contributed by atoms with van der Waals surface area (Å²) >= 11 is 1.20. The molecule has 0 saturated carbocycles. The SMILES string of the molecule is CCCc1nc(SC(C)C(=O)Nc2cc([N+](=O)[O-])ccc2OC)n[nH]1. The van der Waals surface area contributed by atoms with Crippen molar-refractivity contribution in [1.82, 2.24) is 15.2 Å². The lowest BCUT2D eigenvalue weighted by Gasteiger charge is -2.13. The number of hydrogen-bond acceptors (Lipinski definition) is 7. The minimum Gasteiger partial charge on any atom is -0.495 e. The van der Waals surface area contributed by atoms with E-state index >= 15 is 0 Å². The maximum atomic E-state index is 12.4. The topological polar surface area (TPSA) is 123 Å². The highest BCUT2D eigenvalue weighted by atomic mass is 32.2. The first-order valence-electron chi connectivity index (χ1n) is 7.65. The van der Waals surface area contributed by atoms with Crippen LogP contribution in [0.4, 0.5) is 11.4 Å². The van der Waals surface area contributed by atoms with Crippen molar-refractivity contribution in [2.45, 2.75) is 37.1 Å². The van der Waals surface area contributed by atoms with Crippen LogP contribution in [0.3, 0.4) is 0 Å². The van der Waals surface area contributed by atoms with Crippen molar-refractivity contribution < 1.29 is 14.5 Å². The monoisotopic (exact) mass is 365 g/mol. The van der Waals surface area contributed by atoms with Gasteiger partial charge in [0.05, 0.1) is 23.0 Å². The Morgan fingerprint density at radius 1 is 1.52 bits per heavy atom. The normalized spacial score (nSPS) is 11.8. The van der Waals surface area contributed by atoms with Gasteiger partial charge in [0.1, 0.15) is 11.6 Å². The van der Waals surface area contributed by atoms with Crippen molar-refractivity contribution in [3.63, 3.8) is 0 Å². The number of nitrogens with zero attached hydrogens (tertiary/aromatic N) is 3. The molecule has 0 radical (unpaired) electrons. The number of aromatic nitrogens is 3. The van der Waals surface area contributed by atoms with E-state index < -0.39 is 10.2 Å². The summed E-state index contributed by atoms with van der Waals surface area (Å²) in [6.45, 7) is 3.75. The minimum absolute atomic E-state index is 0.130. The summed E-state index contributed by atoms with van der Waals surface area (Å²) in [5.41, 5.74) is 0.116. The molecule has 0 fully saturated rings. The van der Waals surface area contributed by atoms with Crippen molar-refractivity contribution in [2.75, 3.05) is 12.4 Å². The molecule has 25 heavy (non-hydrogen) atoms. The Morgan fingerprint density at radius 3 is 2.92 bits per heavy atom. The van der Waals surface area contributed by atoms with Crippen LogP contribution in [-0.4, -0.2) is 38.4 Å². The number of amides is 1. The number of rotatable bonds is 8. The Bertz CT molecular complexity index is 764. The maximum absolute atomic E-state index is 12.4. The molecule has 1 heterocycles. The molecule has 1 aromatic carbocycles. The van der Waals surface area contributed by atoms with Crippen molar-refractivity contribution in [3.8, 4) is 5.75 Å². The molecular weight excluding hydrogens is 346 g/mol. The lowest BCUT2D eigenvalue weighted by atomic mass is 10.2. The van der Waals surface area contributed by atoms with E-state index in [4.69, 9.17) is 4.74 Å². The van der Waals surface area contributed by atoms with Crippen LogP contribution < -0.4 is 10.1 Å². The number of hydrogen-bond donors (Lipinski definition) is 2. The van der Waals surface area contributed by atoms with E-state index in [-0.39, 0.29) is 17.3 Å². The average molecular weight is 365 g/mol. The smallest absolute Gasteiger partial charge is 0.271 e. The molecule has 0 spiro atoms. The van der Waals surface area contributed by atoms with Gasteiger partial charge in [-0.25, -0.2) is 4.98 Å². The quantitative estimate of drug-likeness (QED) is 0.419. The molecule has 2 aromatic rings. The van der Waals surface area contributed by atoms with Crippen molar-refractivity contribution in [2.24, 2.45) is 0 Å². The molecule has 134 valence electrons. The Morgan fingerprint density at radius 2 is 2.28 bits per heavy atom. The molecule has 0 aliphatic rings. The number of benzene rings is 1. The van der Waals surface area contributed by atoms with Gasteiger partial charge < -0.3 is 10.1 Å². The van der Waals surface area contributed by atoms with E-state index in [1.54, 1.807) is 6.92 Å². The zero-order valence-corrected chi connectivity index (χ0v) is 14.9. The van der Waals surface area contributed by atoms with Crippen molar-refractivity contribution >= 4 is 29.0 Å². The van der Waals surface area contributed by atoms with E-state index in [0.29, 0.717) is 10.9 Å². The van der Waals surface area contributed by atoms with Crippen LogP contribution in [0.15, 0.2) is 23.4 Å². The number of nitro benzene ring substituents is 1. The number of H-pyrrole nitrogens is 1.